The molecule has 8 heteroatoms. The van der Waals surface area contributed by atoms with E-state index >= 15 is 0 Å². The van der Waals surface area contributed by atoms with Crippen LogP contribution in [0.25, 0.3) is 0 Å². The smallest absolute Gasteiger partial charge is 0.338 e. The van der Waals surface area contributed by atoms with Crippen molar-refractivity contribution in [2.24, 2.45) is 0 Å². The lowest BCUT2D eigenvalue weighted by molar-refractivity contribution is 0.00695. The normalized spacial score (nSPS) is 14.2. The Hall–Kier alpha value is -2.67. The summed E-state index contributed by atoms with van der Waals surface area (Å²) in [5.41, 5.74) is 2.06. The van der Waals surface area contributed by atoms with E-state index in [2.05, 4.69) is 9.97 Å². The number of aryl methyl sites for hydroxylation is 1. The highest BCUT2D eigenvalue weighted by Gasteiger charge is 2.32. The molecular weight excluding hydrogens is 368 g/mol. The maximum atomic E-state index is 12.9. The molecule has 1 aliphatic rings. The van der Waals surface area contributed by atoms with Gasteiger partial charge in [0, 0.05) is 24.5 Å². The molecular formula is C19H21ClN4O3. The van der Waals surface area contributed by atoms with E-state index in [1.807, 2.05) is 27.7 Å². The van der Waals surface area contributed by atoms with E-state index in [1.165, 1.54) is 4.90 Å². The molecule has 0 saturated carbocycles. The third-order valence-corrected chi connectivity index (χ3v) is 4.29. The molecule has 1 aromatic carbocycles. The monoisotopic (exact) mass is 388 g/mol. The molecule has 0 radical (unpaired) electrons. The summed E-state index contributed by atoms with van der Waals surface area (Å²) >= 11 is 5.85. The summed E-state index contributed by atoms with van der Waals surface area (Å²) in [6.07, 6.45) is 1.60. The van der Waals surface area contributed by atoms with Crippen molar-refractivity contribution < 1.29 is 14.3 Å². The van der Waals surface area contributed by atoms with Crippen LogP contribution in [0.5, 0.6) is 0 Å². The maximum Gasteiger partial charge on any atom is 0.338 e. The van der Waals surface area contributed by atoms with Gasteiger partial charge in [0.25, 0.3) is 0 Å². The standard InChI is InChI=1S/C19H21ClN4O3/c1-11-6-7-12(16(25)27-19(2,3)4)8-14(11)24-10-13-9-21-17(20)22-15(13)23(5)18(24)26/h6-9H,10H2,1-5H3. The van der Waals surface area contributed by atoms with Crippen LogP contribution in [0.1, 0.15) is 42.3 Å². The number of anilines is 2. The Kier molecular flexibility index (Phi) is 4.82. The Morgan fingerprint density at radius 1 is 1.30 bits per heavy atom. The Morgan fingerprint density at radius 2 is 2.00 bits per heavy atom. The van der Waals surface area contributed by atoms with Gasteiger partial charge in [-0.1, -0.05) is 6.07 Å². The van der Waals surface area contributed by atoms with Crippen LogP contribution in [-0.2, 0) is 11.3 Å². The van der Waals surface area contributed by atoms with Gasteiger partial charge < -0.3 is 4.74 Å². The summed E-state index contributed by atoms with van der Waals surface area (Å²) in [7, 11) is 1.63. The number of rotatable bonds is 2. The maximum absolute atomic E-state index is 12.9. The third-order valence-electron chi connectivity index (χ3n) is 4.11. The molecule has 0 aliphatic carbocycles. The fraction of sp³-hybridized carbons (Fsp3) is 0.368. The summed E-state index contributed by atoms with van der Waals surface area (Å²) in [6.45, 7) is 7.60. The Balaban J connectivity index is 1.99. The second kappa shape index (κ2) is 6.81. The summed E-state index contributed by atoms with van der Waals surface area (Å²) in [6, 6.07) is 4.91. The summed E-state index contributed by atoms with van der Waals surface area (Å²) in [5.74, 6) is 0.0503. The van der Waals surface area contributed by atoms with Crippen LogP contribution in [-0.4, -0.2) is 34.6 Å². The van der Waals surface area contributed by atoms with Crippen molar-refractivity contribution in [1.29, 1.82) is 0 Å². The van der Waals surface area contributed by atoms with Gasteiger partial charge in [0.2, 0.25) is 5.28 Å². The second-order valence-electron chi connectivity index (χ2n) is 7.42. The molecule has 0 N–H and O–H groups in total. The minimum absolute atomic E-state index is 0.0879. The number of fused-ring (bicyclic) bond motifs is 1. The topological polar surface area (TPSA) is 75.6 Å². The Bertz CT molecular complexity index is 924. The van der Waals surface area contributed by atoms with Crippen LogP contribution in [0.15, 0.2) is 24.4 Å². The van der Waals surface area contributed by atoms with Gasteiger partial charge in [-0.05, 0) is 57.0 Å². The van der Waals surface area contributed by atoms with E-state index in [0.717, 1.165) is 11.1 Å². The van der Waals surface area contributed by atoms with E-state index in [4.69, 9.17) is 16.3 Å². The van der Waals surface area contributed by atoms with Crippen LogP contribution >= 0.6 is 11.6 Å². The summed E-state index contributed by atoms with van der Waals surface area (Å²) in [5, 5.41) is 0.0879. The number of benzene rings is 1. The Morgan fingerprint density at radius 3 is 2.67 bits per heavy atom. The largest absolute Gasteiger partial charge is 0.456 e. The lowest BCUT2D eigenvalue weighted by Gasteiger charge is -2.34. The van der Waals surface area contributed by atoms with Crippen LogP contribution in [0.3, 0.4) is 0 Å². The zero-order valence-corrected chi connectivity index (χ0v) is 16.7. The van der Waals surface area contributed by atoms with Gasteiger partial charge in [-0.2, -0.15) is 4.98 Å². The molecule has 1 aliphatic heterocycles. The molecule has 0 bridgehead atoms. The lowest BCUT2D eigenvalue weighted by atomic mass is 10.1. The van der Waals surface area contributed by atoms with Gasteiger partial charge in [0.15, 0.2) is 0 Å². The van der Waals surface area contributed by atoms with Gasteiger partial charge in [-0.25, -0.2) is 14.6 Å². The molecule has 0 fully saturated rings. The van der Waals surface area contributed by atoms with Gasteiger partial charge in [0.1, 0.15) is 11.4 Å². The first-order chi connectivity index (χ1) is 12.6. The number of carbonyl (C=O) groups excluding carboxylic acids is 2. The zero-order valence-electron chi connectivity index (χ0n) is 15.9. The Labute approximate surface area is 162 Å². The van der Waals surface area contributed by atoms with Gasteiger partial charge >= 0.3 is 12.0 Å². The number of ether oxygens (including phenoxy) is 1. The van der Waals surface area contributed by atoms with Crippen molar-refractivity contribution in [1.82, 2.24) is 9.97 Å². The number of nitrogens with zero attached hydrogens (tertiary/aromatic N) is 4. The third kappa shape index (κ3) is 3.88. The molecule has 0 spiro atoms. The van der Waals surface area contributed by atoms with Crippen LogP contribution in [0.2, 0.25) is 5.28 Å². The predicted octanol–water partition coefficient (Wildman–Crippen LogP) is 3.97. The first-order valence-electron chi connectivity index (χ1n) is 8.47. The van der Waals surface area contributed by atoms with Crippen molar-refractivity contribution in [3.05, 3.63) is 46.4 Å². The summed E-state index contributed by atoms with van der Waals surface area (Å²) in [4.78, 5) is 36.5. The number of esters is 1. The average Bonchev–Trinajstić information content (AvgIpc) is 2.57. The van der Waals surface area contributed by atoms with Crippen molar-refractivity contribution >= 4 is 35.1 Å². The first kappa shape index (κ1) is 19.1. The molecule has 27 heavy (non-hydrogen) atoms. The molecule has 142 valence electrons. The molecule has 7 nitrogen and oxygen atoms in total. The summed E-state index contributed by atoms with van der Waals surface area (Å²) < 4.78 is 5.44. The SMILES string of the molecule is Cc1ccc(C(=O)OC(C)(C)C)cc1N1Cc2cnc(Cl)nc2N(C)C1=O. The highest BCUT2D eigenvalue weighted by atomic mass is 35.5. The number of hydrogen-bond donors (Lipinski definition) is 0. The molecule has 0 saturated heterocycles. The first-order valence-corrected chi connectivity index (χ1v) is 8.85. The van der Waals surface area contributed by atoms with Gasteiger partial charge in [0.05, 0.1) is 12.1 Å². The van der Waals surface area contributed by atoms with Crippen LogP contribution < -0.4 is 9.80 Å². The molecule has 2 amide bonds. The average molecular weight is 389 g/mol. The molecule has 3 rings (SSSR count). The number of carbonyl (C=O) groups is 2. The van der Waals surface area contributed by atoms with Crippen molar-refractivity contribution in [3.63, 3.8) is 0 Å². The van der Waals surface area contributed by atoms with Gasteiger partial charge in [-0.3, -0.25) is 9.80 Å². The van der Waals surface area contributed by atoms with E-state index < -0.39 is 11.6 Å². The minimum Gasteiger partial charge on any atom is -0.456 e. The van der Waals surface area contributed by atoms with Crippen molar-refractivity contribution in [2.75, 3.05) is 16.8 Å². The zero-order chi connectivity index (χ0) is 19.9. The fourth-order valence-corrected chi connectivity index (χ4v) is 2.97. The molecule has 1 aromatic heterocycles. The number of urea groups is 1. The van der Waals surface area contributed by atoms with Crippen LogP contribution in [0, 0.1) is 6.92 Å². The highest BCUT2D eigenvalue weighted by molar-refractivity contribution is 6.28. The second-order valence-corrected chi connectivity index (χ2v) is 7.76. The number of amides is 2. The number of hydrogen-bond acceptors (Lipinski definition) is 5. The minimum atomic E-state index is -0.598. The van der Waals surface area contributed by atoms with E-state index in [9.17, 15) is 9.59 Å². The van der Waals surface area contributed by atoms with E-state index in [1.54, 1.807) is 36.3 Å². The molecule has 0 unspecified atom stereocenters. The van der Waals surface area contributed by atoms with Gasteiger partial charge in [-0.15, -0.1) is 0 Å². The molecule has 2 heterocycles. The van der Waals surface area contributed by atoms with Crippen molar-refractivity contribution in [3.8, 4) is 0 Å². The molecule has 0 atom stereocenters. The predicted molar refractivity (Wildman–Crippen MR) is 103 cm³/mol. The highest BCUT2D eigenvalue weighted by Crippen LogP contribution is 2.32. The number of halogens is 1. The van der Waals surface area contributed by atoms with Crippen molar-refractivity contribution in [2.45, 2.75) is 39.8 Å². The lowest BCUT2D eigenvalue weighted by Crippen LogP contribution is -2.46. The molecule has 2 aromatic rings. The number of aromatic nitrogens is 2. The van der Waals surface area contributed by atoms with Crippen LogP contribution in [0.4, 0.5) is 16.3 Å². The fourth-order valence-electron chi connectivity index (χ4n) is 2.84. The van der Waals surface area contributed by atoms with E-state index in [-0.39, 0.29) is 17.9 Å². The van der Waals surface area contributed by atoms with E-state index in [0.29, 0.717) is 17.1 Å². The quantitative estimate of drug-likeness (QED) is 0.574.